The van der Waals surface area contributed by atoms with E-state index in [-0.39, 0.29) is 6.04 Å². The van der Waals surface area contributed by atoms with Crippen molar-refractivity contribution in [3.05, 3.63) is 34.9 Å². The fourth-order valence-electron chi connectivity index (χ4n) is 2.10. The molecule has 0 saturated heterocycles. The fraction of sp³-hybridized carbons (Fsp3) is 0.364. The molecule has 0 heterocycles. The third-order valence-electron chi connectivity index (χ3n) is 2.82. The van der Waals surface area contributed by atoms with E-state index in [2.05, 4.69) is 11.4 Å². The molecule has 0 aliphatic heterocycles. The second-order valence-corrected chi connectivity index (χ2v) is 3.78. The van der Waals surface area contributed by atoms with Gasteiger partial charge in [-0.05, 0) is 29.5 Å². The lowest BCUT2D eigenvalue weighted by Gasteiger charge is -2.11. The number of rotatable bonds is 2. The van der Waals surface area contributed by atoms with E-state index in [1.54, 1.807) is 0 Å². The highest BCUT2D eigenvalue weighted by Crippen LogP contribution is 2.31. The molecule has 1 unspecified atom stereocenters. The zero-order valence-corrected chi connectivity index (χ0v) is 8.36. The zero-order chi connectivity index (χ0) is 10.8. The summed E-state index contributed by atoms with van der Waals surface area (Å²) >= 11 is 0. The molecule has 1 aromatic carbocycles. The number of fused-ring (bicyclic) bond motifs is 1. The first-order chi connectivity index (χ1) is 7.20. The lowest BCUT2D eigenvalue weighted by Crippen LogP contribution is -2.24. The highest BCUT2D eigenvalue weighted by molar-refractivity contribution is 5.65. The molecule has 0 saturated carbocycles. The average molecular weight is 206 g/mol. The second kappa shape index (κ2) is 3.90. The SMILES string of the molecule is NCc1ccc2c(c1)CCC2NC(=O)O. The van der Waals surface area contributed by atoms with Crippen LogP contribution in [0.5, 0.6) is 0 Å². The summed E-state index contributed by atoms with van der Waals surface area (Å²) in [5.74, 6) is 0. The molecule has 1 aromatic rings. The Labute approximate surface area is 88.1 Å². The normalized spacial score (nSPS) is 18.6. The molecule has 15 heavy (non-hydrogen) atoms. The quantitative estimate of drug-likeness (QED) is 0.684. The molecule has 4 N–H and O–H groups in total. The van der Waals surface area contributed by atoms with Crippen LogP contribution in [-0.2, 0) is 13.0 Å². The Hall–Kier alpha value is -1.55. The molecule has 1 atom stereocenters. The summed E-state index contributed by atoms with van der Waals surface area (Å²) in [5.41, 5.74) is 8.96. The van der Waals surface area contributed by atoms with Crippen LogP contribution in [0.15, 0.2) is 18.2 Å². The van der Waals surface area contributed by atoms with Crippen LogP contribution in [0.4, 0.5) is 4.79 Å². The van der Waals surface area contributed by atoms with Gasteiger partial charge in [0.25, 0.3) is 0 Å². The fourth-order valence-corrected chi connectivity index (χ4v) is 2.10. The van der Waals surface area contributed by atoms with Gasteiger partial charge in [-0.25, -0.2) is 4.79 Å². The van der Waals surface area contributed by atoms with Crippen molar-refractivity contribution < 1.29 is 9.90 Å². The summed E-state index contributed by atoms with van der Waals surface area (Å²) < 4.78 is 0. The molecule has 0 spiro atoms. The van der Waals surface area contributed by atoms with Gasteiger partial charge in [0.05, 0.1) is 6.04 Å². The van der Waals surface area contributed by atoms with Crippen molar-refractivity contribution in [2.75, 3.05) is 0 Å². The van der Waals surface area contributed by atoms with E-state index < -0.39 is 6.09 Å². The minimum atomic E-state index is -0.962. The average Bonchev–Trinajstić information content (AvgIpc) is 2.60. The first kappa shape index (κ1) is 9.98. The third kappa shape index (κ3) is 1.94. The maximum atomic E-state index is 10.6. The minimum absolute atomic E-state index is 0.0516. The molecule has 0 radical (unpaired) electrons. The van der Waals surface area contributed by atoms with Gasteiger partial charge in [0.15, 0.2) is 0 Å². The Morgan fingerprint density at radius 2 is 2.40 bits per heavy atom. The number of nitrogens with one attached hydrogen (secondary N) is 1. The van der Waals surface area contributed by atoms with Crippen molar-refractivity contribution in [2.24, 2.45) is 5.73 Å². The van der Waals surface area contributed by atoms with Crippen LogP contribution >= 0.6 is 0 Å². The van der Waals surface area contributed by atoms with E-state index >= 15 is 0 Å². The first-order valence-corrected chi connectivity index (χ1v) is 5.02. The van der Waals surface area contributed by atoms with Crippen molar-refractivity contribution in [2.45, 2.75) is 25.4 Å². The minimum Gasteiger partial charge on any atom is -0.465 e. The molecular weight excluding hydrogens is 192 g/mol. The van der Waals surface area contributed by atoms with Gasteiger partial charge < -0.3 is 16.2 Å². The number of benzene rings is 1. The van der Waals surface area contributed by atoms with Gasteiger partial charge >= 0.3 is 6.09 Å². The Bertz CT molecular complexity index is 390. The largest absolute Gasteiger partial charge is 0.465 e. The Kier molecular flexibility index (Phi) is 2.60. The molecule has 1 aliphatic carbocycles. The molecular formula is C11H14N2O2. The number of carbonyl (C=O) groups is 1. The number of carboxylic acid groups (broad SMARTS) is 1. The molecule has 4 nitrogen and oxygen atoms in total. The number of nitrogens with two attached hydrogens (primary N) is 1. The van der Waals surface area contributed by atoms with Crippen LogP contribution in [0, 0.1) is 0 Å². The standard InChI is InChI=1S/C11H14N2O2/c12-6-7-1-3-9-8(5-7)2-4-10(9)13-11(14)15/h1,3,5,10,13H,2,4,6,12H2,(H,14,15). The lowest BCUT2D eigenvalue weighted by atomic mass is 10.0. The van der Waals surface area contributed by atoms with Crippen molar-refractivity contribution in [3.63, 3.8) is 0 Å². The molecule has 1 aliphatic rings. The van der Waals surface area contributed by atoms with E-state index in [0.29, 0.717) is 6.54 Å². The Morgan fingerprint density at radius 3 is 3.07 bits per heavy atom. The van der Waals surface area contributed by atoms with E-state index in [4.69, 9.17) is 10.8 Å². The molecule has 1 amide bonds. The van der Waals surface area contributed by atoms with Crippen LogP contribution in [0.25, 0.3) is 0 Å². The zero-order valence-electron chi connectivity index (χ0n) is 8.36. The smallest absolute Gasteiger partial charge is 0.405 e. The van der Waals surface area contributed by atoms with E-state index in [9.17, 15) is 4.79 Å². The number of aryl methyl sites for hydroxylation is 1. The number of hydrogen-bond acceptors (Lipinski definition) is 2. The summed E-state index contributed by atoms with van der Waals surface area (Å²) in [5, 5.41) is 11.2. The van der Waals surface area contributed by atoms with Gasteiger partial charge in [0.2, 0.25) is 0 Å². The maximum Gasteiger partial charge on any atom is 0.405 e. The summed E-state index contributed by atoms with van der Waals surface area (Å²) in [6.07, 6.45) is 0.805. The van der Waals surface area contributed by atoms with Crippen LogP contribution in [-0.4, -0.2) is 11.2 Å². The third-order valence-corrected chi connectivity index (χ3v) is 2.82. The van der Waals surface area contributed by atoms with Crippen LogP contribution in [0.3, 0.4) is 0 Å². The molecule has 0 aromatic heterocycles. The topological polar surface area (TPSA) is 75.3 Å². The first-order valence-electron chi connectivity index (χ1n) is 5.02. The molecule has 0 bridgehead atoms. The highest BCUT2D eigenvalue weighted by atomic mass is 16.4. The molecule has 0 fully saturated rings. The lowest BCUT2D eigenvalue weighted by molar-refractivity contribution is 0.190. The Morgan fingerprint density at radius 1 is 1.60 bits per heavy atom. The van der Waals surface area contributed by atoms with E-state index in [1.807, 2.05) is 12.1 Å². The summed E-state index contributed by atoms with van der Waals surface area (Å²) in [6, 6.07) is 5.95. The summed E-state index contributed by atoms with van der Waals surface area (Å²) in [4.78, 5) is 10.6. The van der Waals surface area contributed by atoms with E-state index in [1.165, 1.54) is 5.56 Å². The predicted octanol–water partition coefficient (Wildman–Crippen LogP) is 1.40. The van der Waals surface area contributed by atoms with Crippen molar-refractivity contribution >= 4 is 6.09 Å². The van der Waals surface area contributed by atoms with Gasteiger partial charge in [-0.3, -0.25) is 0 Å². The molecule has 80 valence electrons. The highest BCUT2D eigenvalue weighted by Gasteiger charge is 2.23. The summed E-state index contributed by atoms with van der Waals surface area (Å²) in [7, 11) is 0. The summed E-state index contributed by atoms with van der Waals surface area (Å²) in [6.45, 7) is 0.532. The number of amides is 1. The van der Waals surface area contributed by atoms with Gasteiger partial charge in [-0.2, -0.15) is 0 Å². The molecule has 4 heteroatoms. The predicted molar refractivity (Wildman–Crippen MR) is 56.6 cm³/mol. The van der Waals surface area contributed by atoms with Gasteiger partial charge in [0, 0.05) is 6.54 Å². The van der Waals surface area contributed by atoms with Crippen LogP contribution < -0.4 is 11.1 Å². The van der Waals surface area contributed by atoms with Crippen LogP contribution in [0.2, 0.25) is 0 Å². The van der Waals surface area contributed by atoms with Crippen molar-refractivity contribution in [3.8, 4) is 0 Å². The van der Waals surface area contributed by atoms with E-state index in [0.717, 1.165) is 24.0 Å². The maximum absolute atomic E-state index is 10.6. The van der Waals surface area contributed by atoms with Crippen molar-refractivity contribution in [1.29, 1.82) is 0 Å². The van der Waals surface area contributed by atoms with Gasteiger partial charge in [-0.15, -0.1) is 0 Å². The number of hydrogen-bond donors (Lipinski definition) is 3. The second-order valence-electron chi connectivity index (χ2n) is 3.78. The Balaban J connectivity index is 2.24. The van der Waals surface area contributed by atoms with Gasteiger partial charge in [0.1, 0.15) is 0 Å². The monoisotopic (exact) mass is 206 g/mol. The van der Waals surface area contributed by atoms with Crippen molar-refractivity contribution in [1.82, 2.24) is 5.32 Å². The van der Waals surface area contributed by atoms with Gasteiger partial charge in [-0.1, -0.05) is 18.2 Å². The molecule has 2 rings (SSSR count). The van der Waals surface area contributed by atoms with Crippen LogP contribution in [0.1, 0.15) is 29.2 Å².